The quantitative estimate of drug-likeness (QED) is 0.733. The number of ether oxygens (including phenoxy) is 1. The average molecular weight is 210 g/mol. The van der Waals surface area contributed by atoms with Crippen LogP contribution in [0, 0.1) is 12.7 Å². The maximum atomic E-state index is 13.4. The lowest BCUT2D eigenvalue weighted by molar-refractivity contribution is 0.350. The minimum absolute atomic E-state index is 0.173. The highest BCUT2D eigenvalue weighted by atomic mass is 32.1. The molecule has 0 aliphatic rings. The zero-order valence-corrected chi connectivity index (χ0v) is 8.95. The molecule has 0 saturated carbocycles. The highest BCUT2D eigenvalue weighted by Crippen LogP contribution is 2.35. The zero-order chi connectivity index (χ0) is 10.1. The Labute approximate surface area is 86.1 Å². The maximum absolute atomic E-state index is 13.4. The summed E-state index contributed by atoms with van der Waals surface area (Å²) in [5.74, 6) is -0.173. The minimum atomic E-state index is -0.173. The first-order valence-corrected chi connectivity index (χ1v) is 5.35. The number of halogens is 1. The molecule has 3 heteroatoms. The van der Waals surface area contributed by atoms with Crippen molar-refractivity contribution in [3.8, 4) is 5.06 Å². The van der Waals surface area contributed by atoms with Gasteiger partial charge in [-0.1, -0.05) is 17.4 Å². The van der Waals surface area contributed by atoms with Crippen LogP contribution in [0.25, 0.3) is 10.1 Å². The second-order valence-corrected chi connectivity index (χ2v) is 4.12. The molecule has 0 fully saturated rings. The van der Waals surface area contributed by atoms with Crippen molar-refractivity contribution in [1.29, 1.82) is 0 Å². The SMILES string of the molecule is CCOc1cc2c(F)ccc(C)c2s1. The van der Waals surface area contributed by atoms with E-state index < -0.39 is 0 Å². The van der Waals surface area contributed by atoms with Crippen molar-refractivity contribution in [2.45, 2.75) is 13.8 Å². The number of hydrogen-bond donors (Lipinski definition) is 0. The van der Waals surface area contributed by atoms with Crippen LogP contribution in [0.5, 0.6) is 5.06 Å². The molecule has 0 atom stereocenters. The van der Waals surface area contributed by atoms with Gasteiger partial charge in [0, 0.05) is 16.2 Å². The molecule has 1 heterocycles. The van der Waals surface area contributed by atoms with Gasteiger partial charge in [-0.2, -0.15) is 0 Å². The molecule has 1 nitrogen and oxygen atoms in total. The molecule has 0 aliphatic heterocycles. The van der Waals surface area contributed by atoms with Crippen molar-refractivity contribution in [3.63, 3.8) is 0 Å². The van der Waals surface area contributed by atoms with E-state index in [1.165, 1.54) is 17.4 Å². The molecule has 2 aromatic rings. The predicted molar refractivity (Wildman–Crippen MR) is 57.7 cm³/mol. The van der Waals surface area contributed by atoms with Gasteiger partial charge in [-0.05, 0) is 25.5 Å². The Morgan fingerprint density at radius 2 is 2.21 bits per heavy atom. The normalized spacial score (nSPS) is 10.8. The summed E-state index contributed by atoms with van der Waals surface area (Å²) in [5.41, 5.74) is 1.09. The highest BCUT2D eigenvalue weighted by molar-refractivity contribution is 7.21. The molecule has 14 heavy (non-hydrogen) atoms. The number of aryl methyl sites for hydroxylation is 1. The molecule has 0 bridgehead atoms. The van der Waals surface area contributed by atoms with Gasteiger partial charge in [0.05, 0.1) is 6.61 Å². The number of rotatable bonds is 2. The largest absolute Gasteiger partial charge is 0.484 e. The first-order chi connectivity index (χ1) is 6.72. The smallest absolute Gasteiger partial charge is 0.175 e. The average Bonchev–Trinajstić information content (AvgIpc) is 2.57. The first-order valence-electron chi connectivity index (χ1n) is 4.54. The lowest BCUT2D eigenvalue weighted by Crippen LogP contribution is -1.86. The molecular weight excluding hydrogens is 199 g/mol. The number of fused-ring (bicyclic) bond motifs is 1. The maximum Gasteiger partial charge on any atom is 0.175 e. The minimum Gasteiger partial charge on any atom is -0.484 e. The second kappa shape index (κ2) is 3.58. The number of thiophene rings is 1. The van der Waals surface area contributed by atoms with Crippen LogP contribution in [0.3, 0.4) is 0 Å². The molecule has 0 radical (unpaired) electrons. The van der Waals surface area contributed by atoms with Crippen LogP contribution in [0.15, 0.2) is 18.2 Å². The van der Waals surface area contributed by atoms with Gasteiger partial charge in [0.15, 0.2) is 5.06 Å². The Balaban J connectivity index is 2.63. The second-order valence-electron chi connectivity index (χ2n) is 3.11. The Morgan fingerprint density at radius 3 is 2.86 bits per heavy atom. The molecule has 1 aromatic heterocycles. The van der Waals surface area contributed by atoms with Crippen molar-refractivity contribution in [2.24, 2.45) is 0 Å². The zero-order valence-electron chi connectivity index (χ0n) is 8.13. The van der Waals surface area contributed by atoms with E-state index in [0.29, 0.717) is 12.0 Å². The summed E-state index contributed by atoms with van der Waals surface area (Å²) in [6, 6.07) is 5.07. The van der Waals surface area contributed by atoms with Gasteiger partial charge in [0.1, 0.15) is 5.82 Å². The van der Waals surface area contributed by atoms with Crippen molar-refractivity contribution in [1.82, 2.24) is 0 Å². The fraction of sp³-hybridized carbons (Fsp3) is 0.273. The highest BCUT2D eigenvalue weighted by Gasteiger charge is 2.08. The fourth-order valence-electron chi connectivity index (χ4n) is 1.42. The van der Waals surface area contributed by atoms with E-state index in [9.17, 15) is 4.39 Å². The van der Waals surface area contributed by atoms with Crippen LogP contribution in [0.2, 0.25) is 0 Å². The Bertz CT molecular complexity index is 423. The predicted octanol–water partition coefficient (Wildman–Crippen LogP) is 3.75. The van der Waals surface area contributed by atoms with E-state index >= 15 is 0 Å². The molecule has 0 saturated heterocycles. The van der Waals surface area contributed by atoms with E-state index in [4.69, 9.17) is 4.74 Å². The standard InChI is InChI=1S/C11H11FOS/c1-3-13-10-6-8-9(12)5-4-7(2)11(8)14-10/h4-6H,3H2,1-2H3. The van der Waals surface area contributed by atoms with E-state index in [2.05, 4.69) is 0 Å². The van der Waals surface area contributed by atoms with Crippen LogP contribution in [-0.4, -0.2) is 6.61 Å². The van der Waals surface area contributed by atoms with Gasteiger partial charge < -0.3 is 4.74 Å². The molecule has 0 unspecified atom stereocenters. The van der Waals surface area contributed by atoms with Gasteiger partial charge in [0.25, 0.3) is 0 Å². The Morgan fingerprint density at radius 1 is 1.43 bits per heavy atom. The van der Waals surface area contributed by atoms with Crippen LogP contribution >= 0.6 is 11.3 Å². The van der Waals surface area contributed by atoms with Crippen LogP contribution in [-0.2, 0) is 0 Å². The third-order valence-corrected chi connectivity index (χ3v) is 3.27. The van der Waals surface area contributed by atoms with Crippen LogP contribution in [0.4, 0.5) is 4.39 Å². The van der Waals surface area contributed by atoms with Crippen molar-refractivity contribution >= 4 is 21.4 Å². The van der Waals surface area contributed by atoms with E-state index in [1.54, 1.807) is 12.1 Å². The lowest BCUT2D eigenvalue weighted by Gasteiger charge is -1.95. The fourth-order valence-corrected chi connectivity index (χ4v) is 2.47. The summed E-state index contributed by atoms with van der Waals surface area (Å²) in [5, 5.41) is 1.45. The summed E-state index contributed by atoms with van der Waals surface area (Å²) < 4.78 is 19.7. The van der Waals surface area contributed by atoms with Gasteiger partial charge in [0.2, 0.25) is 0 Å². The lowest BCUT2D eigenvalue weighted by atomic mass is 10.2. The summed E-state index contributed by atoms with van der Waals surface area (Å²) in [6.07, 6.45) is 0. The van der Waals surface area contributed by atoms with Gasteiger partial charge >= 0.3 is 0 Å². The van der Waals surface area contributed by atoms with Gasteiger partial charge in [-0.3, -0.25) is 0 Å². The topological polar surface area (TPSA) is 9.23 Å². The Hall–Kier alpha value is -1.09. The van der Waals surface area contributed by atoms with Gasteiger partial charge in [-0.15, -0.1) is 0 Å². The molecule has 2 rings (SSSR count). The van der Waals surface area contributed by atoms with E-state index in [0.717, 1.165) is 15.3 Å². The van der Waals surface area contributed by atoms with E-state index in [1.807, 2.05) is 13.8 Å². The molecular formula is C11H11FOS. The summed E-state index contributed by atoms with van der Waals surface area (Å²) in [4.78, 5) is 0. The molecule has 74 valence electrons. The summed E-state index contributed by atoms with van der Waals surface area (Å²) in [7, 11) is 0. The van der Waals surface area contributed by atoms with Crippen LogP contribution < -0.4 is 4.74 Å². The monoisotopic (exact) mass is 210 g/mol. The molecule has 0 aliphatic carbocycles. The summed E-state index contributed by atoms with van der Waals surface area (Å²) in [6.45, 7) is 4.52. The Kier molecular flexibility index (Phi) is 2.42. The first kappa shape index (κ1) is 9.46. The van der Waals surface area contributed by atoms with Gasteiger partial charge in [-0.25, -0.2) is 4.39 Å². The molecule has 1 aromatic carbocycles. The van der Waals surface area contributed by atoms with Crippen molar-refractivity contribution in [2.75, 3.05) is 6.61 Å². The molecule has 0 amide bonds. The van der Waals surface area contributed by atoms with Crippen LogP contribution in [0.1, 0.15) is 12.5 Å². The molecule has 0 N–H and O–H groups in total. The third-order valence-electron chi connectivity index (χ3n) is 2.09. The molecule has 0 spiro atoms. The van der Waals surface area contributed by atoms with Crippen molar-refractivity contribution in [3.05, 3.63) is 29.6 Å². The van der Waals surface area contributed by atoms with Crippen molar-refractivity contribution < 1.29 is 9.13 Å². The third kappa shape index (κ3) is 1.48. The number of hydrogen-bond acceptors (Lipinski definition) is 2. The van der Waals surface area contributed by atoms with E-state index in [-0.39, 0.29) is 5.82 Å². The summed E-state index contributed by atoms with van der Waals surface area (Å²) >= 11 is 1.50. The number of benzene rings is 1.